The minimum atomic E-state index is -1.01. The van der Waals surface area contributed by atoms with Crippen LogP contribution in [-0.4, -0.2) is 41.0 Å². The smallest absolute Gasteiger partial charge is 0.296 e. The molecule has 0 saturated carbocycles. The van der Waals surface area contributed by atoms with E-state index in [9.17, 15) is 4.79 Å². The number of dihydropyridines is 1. The Morgan fingerprint density at radius 3 is 2.71 bits per heavy atom. The first kappa shape index (κ1) is 21.1. The van der Waals surface area contributed by atoms with Gasteiger partial charge in [0.15, 0.2) is 0 Å². The largest absolute Gasteiger partial charge is 0.464 e. The average Bonchev–Trinajstić information content (AvgIpc) is 3.26. The fourth-order valence-corrected chi connectivity index (χ4v) is 3.87. The molecule has 1 aromatic carbocycles. The third-order valence-electron chi connectivity index (χ3n) is 4.74. The maximum Gasteiger partial charge on any atom is 0.296 e. The molecule has 31 heavy (non-hydrogen) atoms. The van der Waals surface area contributed by atoms with Crippen LogP contribution in [0.15, 0.2) is 65.4 Å². The molecular weight excluding hydrogens is 438 g/mol. The summed E-state index contributed by atoms with van der Waals surface area (Å²) in [6, 6.07) is 10.9. The Bertz CT molecular complexity index is 1120. The number of hydrogen-bond acceptors (Lipinski definition) is 8. The van der Waals surface area contributed by atoms with Crippen LogP contribution in [0.25, 0.3) is 0 Å². The normalized spacial score (nSPS) is 17.8. The molecule has 1 atom stereocenters. The van der Waals surface area contributed by atoms with Crippen LogP contribution in [0.2, 0.25) is 5.02 Å². The summed E-state index contributed by atoms with van der Waals surface area (Å²) in [5.41, 5.74) is 1.13. The number of benzene rings is 1. The van der Waals surface area contributed by atoms with Gasteiger partial charge in [0.1, 0.15) is 12.2 Å². The lowest BCUT2D eigenvalue weighted by Gasteiger charge is -2.34. The minimum Gasteiger partial charge on any atom is -0.464 e. The van der Waals surface area contributed by atoms with Crippen LogP contribution >= 0.6 is 22.9 Å². The number of carbonyl (C=O) groups excluding carboxylic acids is 1. The number of aromatic nitrogens is 3. The van der Waals surface area contributed by atoms with Crippen molar-refractivity contribution in [3.63, 3.8) is 0 Å². The highest BCUT2D eigenvalue weighted by Gasteiger charge is 2.41. The van der Waals surface area contributed by atoms with Crippen molar-refractivity contribution < 1.29 is 14.3 Å². The Morgan fingerprint density at radius 2 is 1.97 bits per heavy atom. The van der Waals surface area contributed by atoms with Gasteiger partial charge in [-0.3, -0.25) is 20.1 Å². The molecule has 0 saturated heterocycles. The van der Waals surface area contributed by atoms with Gasteiger partial charge >= 0.3 is 0 Å². The lowest BCUT2D eigenvalue weighted by molar-refractivity contribution is -0.115. The lowest BCUT2D eigenvalue weighted by atomic mass is 9.84. The minimum absolute atomic E-state index is 0.276. The second kappa shape index (κ2) is 9.34. The molecule has 0 spiro atoms. The summed E-state index contributed by atoms with van der Waals surface area (Å²) in [5, 5.41) is 12.1. The van der Waals surface area contributed by atoms with Crippen molar-refractivity contribution in [2.24, 2.45) is 4.99 Å². The summed E-state index contributed by atoms with van der Waals surface area (Å²) in [6.45, 7) is 0.592. The monoisotopic (exact) mass is 455 g/mol. The van der Waals surface area contributed by atoms with Gasteiger partial charge in [-0.1, -0.05) is 28.8 Å². The number of rotatable bonds is 7. The number of anilines is 1. The highest BCUT2D eigenvalue weighted by Crippen LogP contribution is 2.36. The van der Waals surface area contributed by atoms with Crippen molar-refractivity contribution in [1.29, 1.82) is 0 Å². The zero-order valence-corrected chi connectivity index (χ0v) is 18.1. The Kier molecular flexibility index (Phi) is 6.36. The van der Waals surface area contributed by atoms with Crippen LogP contribution < -0.4 is 10.1 Å². The van der Waals surface area contributed by atoms with Crippen LogP contribution in [0.4, 0.5) is 5.13 Å². The van der Waals surface area contributed by atoms with Gasteiger partial charge in [-0.2, -0.15) is 0 Å². The number of ether oxygens (including phenoxy) is 2. The number of halogens is 1. The van der Waals surface area contributed by atoms with E-state index in [1.54, 1.807) is 56.1 Å². The molecule has 1 aliphatic rings. The van der Waals surface area contributed by atoms with Crippen LogP contribution in [0, 0.1) is 0 Å². The Balaban J connectivity index is 1.46. The van der Waals surface area contributed by atoms with Crippen molar-refractivity contribution in [1.82, 2.24) is 15.2 Å². The molecule has 1 N–H and O–H groups in total. The van der Waals surface area contributed by atoms with Gasteiger partial charge in [0.25, 0.3) is 11.1 Å². The van der Waals surface area contributed by atoms with Crippen molar-refractivity contribution in [2.75, 3.05) is 19.0 Å². The zero-order chi connectivity index (χ0) is 21.7. The maximum absolute atomic E-state index is 13.1. The molecule has 3 aromatic rings. The lowest BCUT2D eigenvalue weighted by Crippen LogP contribution is -2.41. The highest BCUT2D eigenvalue weighted by atomic mass is 35.5. The first-order valence-electron chi connectivity index (χ1n) is 9.29. The van der Waals surface area contributed by atoms with Crippen LogP contribution in [-0.2, 0) is 21.7 Å². The number of carbonyl (C=O) groups is 1. The molecular formula is C21H18ClN5O3S. The van der Waals surface area contributed by atoms with E-state index in [-0.39, 0.29) is 12.5 Å². The molecule has 2 aromatic heterocycles. The van der Waals surface area contributed by atoms with Gasteiger partial charge in [0, 0.05) is 30.7 Å². The first-order chi connectivity index (χ1) is 15.1. The Labute approximate surface area is 187 Å². The fraction of sp³-hybridized carbons (Fsp3) is 0.190. The van der Waals surface area contributed by atoms with E-state index in [2.05, 4.69) is 25.5 Å². The highest BCUT2D eigenvalue weighted by molar-refractivity contribution is 7.17. The number of allylic oxidation sites excluding steroid dienone is 1. The van der Waals surface area contributed by atoms with E-state index in [4.69, 9.17) is 21.1 Å². The molecule has 1 amide bonds. The van der Waals surface area contributed by atoms with Gasteiger partial charge in [0.2, 0.25) is 5.13 Å². The molecule has 10 heteroatoms. The molecule has 0 aliphatic carbocycles. The summed E-state index contributed by atoms with van der Waals surface area (Å²) in [4.78, 5) is 21.4. The third kappa shape index (κ3) is 4.63. The second-order valence-electron chi connectivity index (χ2n) is 6.58. The predicted molar refractivity (Wildman–Crippen MR) is 119 cm³/mol. The zero-order valence-electron chi connectivity index (χ0n) is 16.5. The van der Waals surface area contributed by atoms with Gasteiger partial charge in [-0.15, -0.1) is 5.10 Å². The van der Waals surface area contributed by atoms with E-state index in [0.717, 1.165) is 22.5 Å². The molecule has 0 fully saturated rings. The number of nitrogens with zero attached hydrogens (tertiary/aromatic N) is 4. The third-order valence-corrected chi connectivity index (χ3v) is 5.74. The molecule has 3 heterocycles. The van der Waals surface area contributed by atoms with Gasteiger partial charge < -0.3 is 9.47 Å². The van der Waals surface area contributed by atoms with Gasteiger partial charge in [0.05, 0.1) is 12.1 Å². The van der Waals surface area contributed by atoms with Gasteiger partial charge in [-0.05, 0) is 52.8 Å². The topological polar surface area (TPSA) is 98.6 Å². The Hall–Kier alpha value is -3.14. The van der Waals surface area contributed by atoms with E-state index >= 15 is 0 Å². The molecule has 4 rings (SSSR count). The molecule has 1 aliphatic heterocycles. The fourth-order valence-electron chi connectivity index (χ4n) is 3.16. The van der Waals surface area contributed by atoms with Crippen LogP contribution in [0.3, 0.4) is 0 Å². The molecule has 0 radical (unpaired) electrons. The SMILES string of the molecule is COC1(c2ccncc2)CN=CC=C1C(=O)Nc1nnc(OCc2ccc(Cl)cc2)s1. The maximum atomic E-state index is 13.1. The van der Waals surface area contributed by atoms with Crippen molar-refractivity contribution in [3.8, 4) is 5.19 Å². The summed E-state index contributed by atoms with van der Waals surface area (Å²) >= 11 is 7.03. The summed E-state index contributed by atoms with van der Waals surface area (Å²) in [6.07, 6.45) is 6.54. The quantitative estimate of drug-likeness (QED) is 0.583. The number of aliphatic imine (C=N–C) groups is 1. The molecule has 158 valence electrons. The summed E-state index contributed by atoms with van der Waals surface area (Å²) in [7, 11) is 1.55. The van der Waals surface area contributed by atoms with E-state index in [0.29, 0.717) is 27.5 Å². The summed E-state index contributed by atoms with van der Waals surface area (Å²) < 4.78 is 11.5. The number of hydrogen-bond donors (Lipinski definition) is 1. The number of pyridine rings is 1. The van der Waals surface area contributed by atoms with E-state index in [1.807, 2.05) is 12.1 Å². The van der Waals surface area contributed by atoms with E-state index in [1.165, 1.54) is 0 Å². The average molecular weight is 456 g/mol. The van der Waals surface area contributed by atoms with Crippen molar-refractivity contribution in [2.45, 2.75) is 12.2 Å². The van der Waals surface area contributed by atoms with E-state index < -0.39 is 5.60 Å². The number of methoxy groups -OCH3 is 1. The van der Waals surface area contributed by atoms with Crippen LogP contribution in [0.5, 0.6) is 5.19 Å². The summed E-state index contributed by atoms with van der Waals surface area (Å²) in [5.74, 6) is -0.356. The van der Waals surface area contributed by atoms with Crippen molar-refractivity contribution in [3.05, 3.63) is 76.6 Å². The molecule has 8 nitrogen and oxygen atoms in total. The molecule has 1 unspecified atom stereocenters. The molecule has 0 bridgehead atoms. The Morgan fingerprint density at radius 1 is 1.19 bits per heavy atom. The van der Waals surface area contributed by atoms with Gasteiger partial charge in [-0.25, -0.2) is 0 Å². The van der Waals surface area contributed by atoms with Crippen LogP contribution in [0.1, 0.15) is 11.1 Å². The second-order valence-corrected chi connectivity index (χ2v) is 7.96. The standard InChI is InChI=1S/C21H18ClN5O3S/c1-29-21(15-6-9-23-10-7-15)13-24-11-8-17(21)18(28)25-19-26-27-20(31-19)30-12-14-2-4-16(22)5-3-14/h2-11H,12-13H2,1H3,(H,25,26,28). The predicted octanol–water partition coefficient (Wildman–Crippen LogP) is 3.66. The number of nitrogens with one attached hydrogen (secondary N) is 1. The van der Waals surface area contributed by atoms with Crippen molar-refractivity contribution >= 4 is 40.2 Å². The number of amides is 1. The first-order valence-corrected chi connectivity index (χ1v) is 10.5.